The fraction of sp³-hybridized carbons (Fsp3) is 0.545. The second-order valence-corrected chi connectivity index (χ2v) is 6.26. The molecule has 9 nitrogen and oxygen atoms in total. The van der Waals surface area contributed by atoms with Crippen molar-refractivity contribution in [1.29, 1.82) is 0 Å². The van der Waals surface area contributed by atoms with E-state index in [4.69, 9.17) is 33.7 Å². The van der Waals surface area contributed by atoms with Gasteiger partial charge in [0.15, 0.2) is 27.5 Å². The summed E-state index contributed by atoms with van der Waals surface area (Å²) in [5.41, 5.74) is 6.43. The van der Waals surface area contributed by atoms with E-state index in [2.05, 4.69) is 20.3 Å². The van der Waals surface area contributed by atoms with Crippen LogP contribution in [0.3, 0.4) is 0 Å². The van der Waals surface area contributed by atoms with Crippen molar-refractivity contribution in [2.75, 3.05) is 24.7 Å². The summed E-state index contributed by atoms with van der Waals surface area (Å²) in [6.07, 6.45) is -2.00. The molecule has 0 amide bonds. The van der Waals surface area contributed by atoms with Gasteiger partial charge in [0.2, 0.25) is 5.95 Å². The van der Waals surface area contributed by atoms with Crippen LogP contribution < -0.4 is 11.1 Å². The molecule has 4 N–H and O–H groups in total. The molecule has 3 rings (SSSR count). The average Bonchev–Trinajstić information content (AvgIpc) is 2.98. The fourth-order valence-electron chi connectivity index (χ4n) is 2.39. The zero-order chi connectivity index (χ0) is 16.1. The molecule has 1 saturated heterocycles. The van der Waals surface area contributed by atoms with Gasteiger partial charge in [0, 0.05) is 7.05 Å². The van der Waals surface area contributed by atoms with Gasteiger partial charge in [-0.25, -0.2) is 10.1 Å². The number of halogens is 2. The van der Waals surface area contributed by atoms with Crippen LogP contribution in [0.2, 0.25) is 0 Å². The van der Waals surface area contributed by atoms with Crippen LogP contribution in [0, 0.1) is 0 Å². The number of hydrogen-bond donors (Lipinski definition) is 3. The van der Waals surface area contributed by atoms with Gasteiger partial charge >= 0.3 is 0 Å². The van der Waals surface area contributed by atoms with Crippen molar-refractivity contribution in [3.05, 3.63) is 6.33 Å². The maximum Gasteiger partial charge on any atom is 0.224 e. The number of imidazole rings is 1. The molecule has 119 valence electrons. The first-order valence-electron chi connectivity index (χ1n) is 6.37. The van der Waals surface area contributed by atoms with Crippen molar-refractivity contribution in [2.24, 2.45) is 0 Å². The molecule has 22 heavy (non-hydrogen) atoms. The van der Waals surface area contributed by atoms with Gasteiger partial charge in [-0.15, -0.1) is 0 Å². The highest BCUT2D eigenvalue weighted by molar-refractivity contribution is 6.49. The van der Waals surface area contributed by atoms with Crippen LogP contribution in [-0.4, -0.2) is 54.8 Å². The molecule has 0 aliphatic carbocycles. The molecule has 2 aromatic rings. The number of rotatable bonds is 3. The first kappa shape index (κ1) is 15.5. The molecule has 11 heteroatoms. The third-order valence-electron chi connectivity index (χ3n) is 3.47. The Balaban J connectivity index is 2.13. The minimum absolute atomic E-state index is 0.0206. The number of nitrogens with one attached hydrogen (secondary N) is 1. The van der Waals surface area contributed by atoms with Crippen molar-refractivity contribution in [2.45, 2.75) is 22.8 Å². The lowest BCUT2D eigenvalue weighted by Crippen LogP contribution is -2.37. The summed E-state index contributed by atoms with van der Waals surface area (Å²) in [5.74, 6) is 0.446. The molecule has 0 spiro atoms. The van der Waals surface area contributed by atoms with Crippen LogP contribution >= 0.6 is 23.2 Å². The highest BCUT2D eigenvalue weighted by atomic mass is 35.5. The summed E-state index contributed by atoms with van der Waals surface area (Å²) in [4.78, 5) is 12.3. The lowest BCUT2D eigenvalue weighted by atomic mass is 10.2. The topological polar surface area (TPSA) is 131 Å². The predicted octanol–water partition coefficient (Wildman–Crippen LogP) is 0.313. The number of nitrogens with zero attached hydrogens (tertiary/aromatic N) is 4. The molecular weight excluding hydrogens is 335 g/mol. The van der Waals surface area contributed by atoms with E-state index < -0.39 is 29.4 Å². The Labute approximate surface area is 135 Å². The summed E-state index contributed by atoms with van der Waals surface area (Å²) in [7, 11) is 1.66. The van der Waals surface area contributed by atoms with E-state index in [1.807, 2.05) is 0 Å². The Morgan fingerprint density at radius 1 is 1.55 bits per heavy atom. The molecule has 3 atom stereocenters. The minimum Gasteiger partial charge on any atom is -0.387 e. The lowest BCUT2D eigenvalue weighted by Gasteiger charge is -2.23. The summed E-state index contributed by atoms with van der Waals surface area (Å²) in [6.45, 7) is -0.676. The fourth-order valence-corrected chi connectivity index (χ4v) is 2.98. The Morgan fingerprint density at radius 3 is 2.86 bits per heavy atom. The molecule has 0 saturated carbocycles. The van der Waals surface area contributed by atoms with E-state index >= 15 is 0 Å². The number of nitrogen functional groups attached to an aromatic ring is 1. The number of aliphatic hydroxyl groups is 1. The van der Waals surface area contributed by atoms with Crippen LogP contribution in [0.1, 0.15) is 6.23 Å². The van der Waals surface area contributed by atoms with E-state index in [-0.39, 0.29) is 5.95 Å². The quantitative estimate of drug-likeness (QED) is 0.681. The zero-order valence-electron chi connectivity index (χ0n) is 11.4. The maximum absolute atomic E-state index is 11.1. The van der Waals surface area contributed by atoms with Crippen LogP contribution in [0.4, 0.5) is 11.8 Å². The highest BCUT2D eigenvalue weighted by Crippen LogP contribution is 2.47. The van der Waals surface area contributed by atoms with Crippen molar-refractivity contribution >= 4 is 46.1 Å². The number of nitrogens with two attached hydrogens (primary N) is 1. The van der Waals surface area contributed by atoms with Gasteiger partial charge in [0.1, 0.15) is 18.8 Å². The summed E-state index contributed by atoms with van der Waals surface area (Å²) in [5, 5.41) is 24.0. The molecule has 0 bridgehead atoms. The third-order valence-corrected chi connectivity index (χ3v) is 4.29. The number of aromatic nitrogens is 4. The lowest BCUT2D eigenvalue weighted by molar-refractivity contribution is -0.0577. The molecular formula is C11H13Cl2N6O3. The van der Waals surface area contributed by atoms with Crippen molar-refractivity contribution in [3.8, 4) is 0 Å². The summed E-state index contributed by atoms with van der Waals surface area (Å²) >= 11 is 12.4. The Hall–Kier alpha value is -1.39. The van der Waals surface area contributed by atoms with Crippen molar-refractivity contribution in [1.82, 2.24) is 19.5 Å². The molecule has 1 fully saturated rings. The predicted molar refractivity (Wildman–Crippen MR) is 79.2 cm³/mol. The molecule has 3 heterocycles. The van der Waals surface area contributed by atoms with Gasteiger partial charge in [-0.3, -0.25) is 4.57 Å². The second-order valence-electron chi connectivity index (χ2n) is 4.82. The van der Waals surface area contributed by atoms with Gasteiger partial charge in [0.25, 0.3) is 0 Å². The Morgan fingerprint density at radius 2 is 2.27 bits per heavy atom. The van der Waals surface area contributed by atoms with Gasteiger partial charge in [-0.05, 0) is 0 Å². The summed E-state index contributed by atoms with van der Waals surface area (Å²) in [6, 6.07) is 0. The van der Waals surface area contributed by atoms with Crippen LogP contribution in [0.5, 0.6) is 0 Å². The Kier molecular flexibility index (Phi) is 3.77. The van der Waals surface area contributed by atoms with Crippen LogP contribution in [0.15, 0.2) is 6.33 Å². The number of alkyl halides is 2. The summed E-state index contributed by atoms with van der Waals surface area (Å²) < 4.78 is 5.18. The SMILES string of the molecule is CNc1nc(N)nc2c1ncn2[C@@H]1O[C@H](C[O])[C@@H](O)C1(Cl)Cl. The zero-order valence-corrected chi connectivity index (χ0v) is 12.9. The van der Waals surface area contributed by atoms with Crippen molar-refractivity contribution < 1.29 is 14.9 Å². The minimum atomic E-state index is -1.72. The standard InChI is InChI=1S/C11H13Cl2N6O3/c1-15-7-5-8(18-10(14)17-7)19(3-16-5)9-11(12,13)6(21)4(2-20)22-9/h3-4,6,9,21H,2H2,1H3,(H3,14,15,17,18)/t4-,6-,9-/m1/s1. The van der Waals surface area contributed by atoms with Crippen molar-refractivity contribution in [3.63, 3.8) is 0 Å². The Bertz CT molecular complexity index is 708. The van der Waals surface area contributed by atoms with E-state index in [0.717, 1.165) is 0 Å². The van der Waals surface area contributed by atoms with Crippen LogP contribution in [-0.2, 0) is 9.84 Å². The second kappa shape index (κ2) is 5.36. The van der Waals surface area contributed by atoms with E-state index in [0.29, 0.717) is 17.0 Å². The first-order chi connectivity index (χ1) is 10.4. The molecule has 1 aliphatic rings. The normalized spacial score (nSPS) is 27.4. The average molecular weight is 348 g/mol. The van der Waals surface area contributed by atoms with E-state index in [1.54, 1.807) is 7.05 Å². The number of ether oxygens (including phenoxy) is 1. The van der Waals surface area contributed by atoms with Gasteiger partial charge in [0.05, 0.1) is 6.33 Å². The van der Waals surface area contributed by atoms with E-state index in [1.165, 1.54) is 10.9 Å². The number of hydrogen-bond acceptors (Lipinski definition) is 7. The maximum atomic E-state index is 11.1. The monoisotopic (exact) mass is 347 g/mol. The molecule has 0 unspecified atom stereocenters. The van der Waals surface area contributed by atoms with Crippen LogP contribution in [0.25, 0.3) is 11.2 Å². The van der Waals surface area contributed by atoms with Gasteiger partial charge < -0.3 is 20.9 Å². The molecule has 1 aliphatic heterocycles. The molecule has 1 radical (unpaired) electrons. The number of anilines is 2. The smallest absolute Gasteiger partial charge is 0.224 e. The first-order valence-corrected chi connectivity index (χ1v) is 7.13. The van der Waals surface area contributed by atoms with Gasteiger partial charge in [-0.2, -0.15) is 9.97 Å². The highest BCUT2D eigenvalue weighted by Gasteiger charge is 2.55. The molecule has 2 aromatic heterocycles. The number of fused-ring (bicyclic) bond motifs is 1. The van der Waals surface area contributed by atoms with Gasteiger partial charge in [-0.1, -0.05) is 23.2 Å². The molecule has 0 aromatic carbocycles. The number of aliphatic hydroxyl groups excluding tert-OH is 1. The third kappa shape index (κ3) is 2.17. The largest absolute Gasteiger partial charge is 0.387 e. The van der Waals surface area contributed by atoms with E-state index in [9.17, 15) is 10.2 Å².